The average Bonchev–Trinajstić information content (AvgIpc) is 2.47. The van der Waals surface area contributed by atoms with E-state index in [0.717, 1.165) is 31.5 Å². The Labute approximate surface area is 138 Å². The molecule has 0 aromatic carbocycles. The van der Waals surface area contributed by atoms with E-state index in [2.05, 4.69) is 37.7 Å². The monoisotopic (exact) mass is 319 g/mol. The number of H-pyrrole nitrogens is 1. The van der Waals surface area contributed by atoms with E-state index in [4.69, 9.17) is 0 Å². The third kappa shape index (κ3) is 4.44. The van der Waals surface area contributed by atoms with Crippen LogP contribution in [-0.4, -0.2) is 53.4 Å². The van der Waals surface area contributed by atoms with Gasteiger partial charge in [-0.1, -0.05) is 13.8 Å². The van der Waals surface area contributed by atoms with Gasteiger partial charge in [-0.15, -0.1) is 0 Å². The van der Waals surface area contributed by atoms with Crippen LogP contribution in [-0.2, 0) is 6.42 Å². The molecule has 1 N–H and O–H groups in total. The number of nitrogens with one attached hydrogen (secondary N) is 1. The Morgan fingerprint density at radius 3 is 2.74 bits per heavy atom. The lowest BCUT2D eigenvalue weighted by Gasteiger charge is -2.39. The second kappa shape index (κ2) is 7.30. The van der Waals surface area contributed by atoms with Gasteiger partial charge in [-0.05, 0) is 45.2 Å². The maximum atomic E-state index is 12.8. The zero-order chi connectivity index (χ0) is 17.1. The second-order valence-electron chi connectivity index (χ2n) is 7.28. The lowest BCUT2D eigenvalue weighted by Crippen LogP contribution is -2.48. The van der Waals surface area contributed by atoms with Crippen LogP contribution >= 0.6 is 0 Å². The minimum atomic E-state index is -0.198. The van der Waals surface area contributed by atoms with E-state index < -0.39 is 0 Å². The maximum Gasteiger partial charge on any atom is 0.254 e. The molecule has 1 aromatic rings. The number of carbonyl (C=O) groups excluding carboxylic acids is 1. The Morgan fingerprint density at radius 1 is 1.43 bits per heavy atom. The van der Waals surface area contributed by atoms with E-state index in [1.165, 1.54) is 6.07 Å². The summed E-state index contributed by atoms with van der Waals surface area (Å²) >= 11 is 0. The number of hydrogen-bond donors (Lipinski definition) is 1. The van der Waals surface area contributed by atoms with Gasteiger partial charge in [0, 0.05) is 43.0 Å². The highest BCUT2D eigenvalue weighted by Crippen LogP contribution is 2.21. The molecule has 2 heterocycles. The van der Waals surface area contributed by atoms with Crippen LogP contribution in [0.2, 0.25) is 0 Å². The first-order chi connectivity index (χ1) is 10.8. The fourth-order valence-corrected chi connectivity index (χ4v) is 3.26. The highest BCUT2D eigenvalue weighted by atomic mass is 16.2. The Bertz CT molecular complexity index is 609. The molecule has 128 valence electrons. The summed E-state index contributed by atoms with van der Waals surface area (Å²) in [5.74, 6) is 0.381. The lowest BCUT2D eigenvalue weighted by molar-refractivity contribution is 0.0598. The highest BCUT2D eigenvalue weighted by molar-refractivity contribution is 5.94. The van der Waals surface area contributed by atoms with Gasteiger partial charge in [0.25, 0.3) is 5.91 Å². The van der Waals surface area contributed by atoms with Gasteiger partial charge < -0.3 is 14.8 Å². The number of aromatic nitrogens is 1. The van der Waals surface area contributed by atoms with Crippen LogP contribution in [0.15, 0.2) is 16.9 Å². The van der Waals surface area contributed by atoms with Gasteiger partial charge in [0.2, 0.25) is 5.56 Å². The Balaban J connectivity index is 2.16. The molecule has 1 aromatic heterocycles. The molecule has 0 unspecified atom stereocenters. The average molecular weight is 319 g/mol. The van der Waals surface area contributed by atoms with Crippen molar-refractivity contribution < 1.29 is 4.79 Å². The molecule has 1 fully saturated rings. The highest BCUT2D eigenvalue weighted by Gasteiger charge is 2.28. The fraction of sp³-hybridized carbons (Fsp3) is 0.667. The number of piperidine rings is 1. The van der Waals surface area contributed by atoms with Gasteiger partial charge in [0.05, 0.1) is 0 Å². The molecule has 23 heavy (non-hydrogen) atoms. The summed E-state index contributed by atoms with van der Waals surface area (Å²) in [6.07, 6.45) is 2.72. The van der Waals surface area contributed by atoms with Crippen molar-refractivity contribution in [1.82, 2.24) is 14.8 Å². The summed E-state index contributed by atoms with van der Waals surface area (Å²) in [5.41, 5.74) is 1.14. The van der Waals surface area contributed by atoms with Crippen LogP contribution < -0.4 is 5.56 Å². The minimum Gasteiger partial charge on any atom is -0.339 e. The quantitative estimate of drug-likeness (QED) is 0.925. The molecule has 0 aliphatic carbocycles. The summed E-state index contributed by atoms with van der Waals surface area (Å²) in [6, 6.07) is 3.96. The van der Waals surface area contributed by atoms with Crippen molar-refractivity contribution in [1.29, 1.82) is 0 Å². The van der Waals surface area contributed by atoms with Crippen LogP contribution in [0.1, 0.15) is 49.7 Å². The van der Waals surface area contributed by atoms with Crippen molar-refractivity contribution in [3.05, 3.63) is 33.7 Å². The number of pyridine rings is 1. The normalized spacial score (nSPS) is 22.3. The Kier molecular flexibility index (Phi) is 5.63. The first-order valence-corrected chi connectivity index (χ1v) is 8.48. The van der Waals surface area contributed by atoms with E-state index in [0.29, 0.717) is 17.5 Å². The van der Waals surface area contributed by atoms with Gasteiger partial charge in [0.15, 0.2) is 0 Å². The van der Waals surface area contributed by atoms with Gasteiger partial charge in [-0.3, -0.25) is 9.59 Å². The minimum absolute atomic E-state index is 0.0529. The zero-order valence-electron chi connectivity index (χ0n) is 14.9. The summed E-state index contributed by atoms with van der Waals surface area (Å²) in [5, 5.41) is 0. The van der Waals surface area contributed by atoms with Crippen molar-refractivity contribution in [2.75, 3.05) is 20.6 Å². The molecule has 1 saturated heterocycles. The van der Waals surface area contributed by atoms with Gasteiger partial charge in [-0.2, -0.15) is 0 Å². The number of carbonyl (C=O) groups is 1. The molecular formula is C18H29N3O2. The first kappa shape index (κ1) is 17.7. The molecule has 0 radical (unpaired) electrons. The standard InChI is InChI=1S/C18H29N3O2/c1-12(2)8-15-10-14(11-17(22)19-15)18(23)21(5)16-6-7-20(4)13(3)9-16/h10-13,16H,6-9H2,1-5H3,(H,19,22)/t13-,16-/m0/s1. The molecule has 0 spiro atoms. The molecule has 2 rings (SSSR count). The molecule has 5 heteroatoms. The van der Waals surface area contributed by atoms with Crippen LogP contribution in [0.25, 0.3) is 0 Å². The molecule has 1 aliphatic heterocycles. The summed E-state index contributed by atoms with van der Waals surface area (Å²) in [7, 11) is 3.98. The van der Waals surface area contributed by atoms with Crippen molar-refractivity contribution in [3.8, 4) is 0 Å². The van der Waals surface area contributed by atoms with Gasteiger partial charge >= 0.3 is 0 Å². The molecule has 0 bridgehead atoms. The van der Waals surface area contributed by atoms with Crippen molar-refractivity contribution >= 4 is 5.91 Å². The summed E-state index contributed by atoms with van der Waals surface area (Å²) in [4.78, 5) is 31.6. The van der Waals surface area contributed by atoms with Crippen molar-refractivity contribution in [3.63, 3.8) is 0 Å². The third-order valence-corrected chi connectivity index (χ3v) is 4.82. The number of rotatable bonds is 4. The van der Waals surface area contributed by atoms with Gasteiger partial charge in [0.1, 0.15) is 0 Å². The van der Waals surface area contributed by atoms with Gasteiger partial charge in [-0.25, -0.2) is 0 Å². The zero-order valence-corrected chi connectivity index (χ0v) is 14.9. The van der Waals surface area contributed by atoms with Crippen LogP contribution in [0.3, 0.4) is 0 Å². The predicted octanol–water partition coefficient (Wildman–Crippen LogP) is 2.13. The smallest absolute Gasteiger partial charge is 0.254 e. The van der Waals surface area contributed by atoms with E-state index in [9.17, 15) is 9.59 Å². The molecule has 0 saturated carbocycles. The SMILES string of the molecule is CC(C)Cc1cc(C(=O)N(C)[C@H]2CCN(C)[C@@H](C)C2)cc(=O)[nH]1. The van der Waals surface area contributed by atoms with Crippen LogP contribution in [0.5, 0.6) is 0 Å². The molecule has 2 atom stereocenters. The van der Waals surface area contributed by atoms with Crippen LogP contribution in [0, 0.1) is 5.92 Å². The van der Waals surface area contributed by atoms with E-state index >= 15 is 0 Å². The molecule has 5 nitrogen and oxygen atoms in total. The number of aromatic amines is 1. The van der Waals surface area contributed by atoms with Crippen molar-refractivity contribution in [2.45, 2.75) is 52.1 Å². The Morgan fingerprint density at radius 2 is 2.13 bits per heavy atom. The number of amides is 1. The van der Waals surface area contributed by atoms with Crippen molar-refractivity contribution in [2.24, 2.45) is 5.92 Å². The fourth-order valence-electron chi connectivity index (χ4n) is 3.26. The largest absolute Gasteiger partial charge is 0.339 e. The predicted molar refractivity (Wildman–Crippen MR) is 92.8 cm³/mol. The Hall–Kier alpha value is -1.62. The van der Waals surface area contributed by atoms with E-state index in [1.54, 1.807) is 0 Å². The number of hydrogen-bond acceptors (Lipinski definition) is 3. The maximum absolute atomic E-state index is 12.8. The molecule has 1 amide bonds. The summed E-state index contributed by atoms with van der Waals surface area (Å²) < 4.78 is 0. The first-order valence-electron chi connectivity index (χ1n) is 8.48. The summed E-state index contributed by atoms with van der Waals surface area (Å²) in [6.45, 7) is 7.38. The molecular weight excluding hydrogens is 290 g/mol. The second-order valence-corrected chi connectivity index (χ2v) is 7.28. The topological polar surface area (TPSA) is 56.4 Å². The van der Waals surface area contributed by atoms with E-state index in [-0.39, 0.29) is 17.5 Å². The number of nitrogens with zero attached hydrogens (tertiary/aromatic N) is 2. The van der Waals surface area contributed by atoms with E-state index in [1.807, 2.05) is 18.0 Å². The third-order valence-electron chi connectivity index (χ3n) is 4.82. The molecule has 1 aliphatic rings. The van der Waals surface area contributed by atoms with Crippen LogP contribution in [0.4, 0.5) is 0 Å². The number of likely N-dealkylation sites (tertiary alicyclic amines) is 1. The lowest BCUT2D eigenvalue weighted by atomic mass is 9.97.